The average molecular weight is 195 g/mol. The number of alkyl halides is 1. The van der Waals surface area contributed by atoms with Gasteiger partial charge in [0.2, 0.25) is 0 Å². The van der Waals surface area contributed by atoms with Crippen LogP contribution in [0.15, 0.2) is 18.2 Å². The lowest BCUT2D eigenvalue weighted by atomic mass is 9.88. The molecule has 1 aromatic carbocycles. The first kappa shape index (κ1) is 9.31. The Kier molecular flexibility index (Phi) is 1.91. The summed E-state index contributed by atoms with van der Waals surface area (Å²) in [6, 6.07) is 5.04. The van der Waals surface area contributed by atoms with E-state index in [0.717, 1.165) is 11.3 Å². The molecule has 76 valence electrons. The van der Waals surface area contributed by atoms with Crippen molar-refractivity contribution in [2.24, 2.45) is 0 Å². The zero-order valence-electron chi connectivity index (χ0n) is 8.34. The molecule has 1 unspecified atom stereocenters. The van der Waals surface area contributed by atoms with Gasteiger partial charge in [0.1, 0.15) is 11.4 Å². The van der Waals surface area contributed by atoms with Gasteiger partial charge >= 0.3 is 0 Å². The van der Waals surface area contributed by atoms with E-state index in [1.807, 2.05) is 0 Å². The number of aromatic hydroxyl groups is 1. The van der Waals surface area contributed by atoms with Crippen LogP contribution in [0.3, 0.4) is 0 Å². The number of anilines is 1. The van der Waals surface area contributed by atoms with Crippen LogP contribution in [-0.2, 0) is 0 Å². The van der Waals surface area contributed by atoms with E-state index < -0.39 is 5.67 Å². The standard InChI is InChI=1S/C11H14FNO/c1-11(2,12)9-6-13-10-4-3-7(14)5-8(9)10/h3-5,9,13-14H,6H2,1-2H3. The Morgan fingerprint density at radius 3 is 2.86 bits per heavy atom. The molecule has 0 fully saturated rings. The normalized spacial score (nSPS) is 20.4. The SMILES string of the molecule is CC(C)(F)C1CNc2ccc(O)cc21. The molecule has 1 atom stereocenters. The van der Waals surface area contributed by atoms with Crippen LogP contribution in [0, 0.1) is 0 Å². The lowest BCUT2D eigenvalue weighted by Crippen LogP contribution is -2.25. The highest BCUT2D eigenvalue weighted by atomic mass is 19.1. The van der Waals surface area contributed by atoms with E-state index in [1.165, 1.54) is 0 Å². The molecule has 0 amide bonds. The molecule has 0 saturated heterocycles. The zero-order chi connectivity index (χ0) is 10.3. The average Bonchev–Trinajstić information content (AvgIpc) is 2.45. The molecule has 1 aliphatic heterocycles. The first-order valence-corrected chi connectivity index (χ1v) is 4.74. The number of phenolic OH excluding ortho intramolecular Hbond substituents is 1. The van der Waals surface area contributed by atoms with Gasteiger partial charge in [0.05, 0.1) is 0 Å². The van der Waals surface area contributed by atoms with Crippen molar-refractivity contribution in [3.8, 4) is 5.75 Å². The molecule has 2 nitrogen and oxygen atoms in total. The molecule has 0 aromatic heterocycles. The highest BCUT2D eigenvalue weighted by Crippen LogP contribution is 2.41. The van der Waals surface area contributed by atoms with E-state index in [2.05, 4.69) is 5.32 Å². The Balaban J connectivity index is 2.43. The van der Waals surface area contributed by atoms with E-state index in [0.29, 0.717) is 6.54 Å². The summed E-state index contributed by atoms with van der Waals surface area (Å²) in [7, 11) is 0. The summed E-state index contributed by atoms with van der Waals surface area (Å²) in [5, 5.41) is 12.5. The number of hydrogen-bond donors (Lipinski definition) is 2. The van der Waals surface area contributed by atoms with Gasteiger partial charge in [0.25, 0.3) is 0 Å². The Bertz CT molecular complexity index is 357. The van der Waals surface area contributed by atoms with E-state index in [9.17, 15) is 9.50 Å². The number of hydrogen-bond acceptors (Lipinski definition) is 2. The summed E-state index contributed by atoms with van der Waals surface area (Å²) in [6.07, 6.45) is 0. The maximum absolute atomic E-state index is 13.8. The molecule has 0 aliphatic carbocycles. The lowest BCUT2D eigenvalue weighted by molar-refractivity contribution is 0.180. The monoisotopic (exact) mass is 195 g/mol. The summed E-state index contributed by atoms with van der Waals surface area (Å²) in [5.41, 5.74) is 0.544. The van der Waals surface area contributed by atoms with Gasteiger partial charge in [-0.25, -0.2) is 4.39 Å². The summed E-state index contributed by atoms with van der Waals surface area (Å²) < 4.78 is 13.8. The minimum atomic E-state index is -1.26. The number of benzene rings is 1. The third-order valence-corrected chi connectivity index (χ3v) is 2.74. The maximum Gasteiger partial charge on any atom is 0.116 e. The Hall–Kier alpha value is -1.25. The van der Waals surface area contributed by atoms with Crippen molar-refractivity contribution < 1.29 is 9.50 Å². The van der Waals surface area contributed by atoms with Gasteiger partial charge in [-0.1, -0.05) is 0 Å². The fourth-order valence-corrected chi connectivity index (χ4v) is 1.93. The van der Waals surface area contributed by atoms with Crippen molar-refractivity contribution in [2.45, 2.75) is 25.4 Å². The highest BCUT2D eigenvalue weighted by molar-refractivity contribution is 5.60. The van der Waals surface area contributed by atoms with Gasteiger partial charge in [-0.3, -0.25) is 0 Å². The quantitative estimate of drug-likeness (QED) is 0.675. The Morgan fingerprint density at radius 1 is 1.50 bits per heavy atom. The molecular formula is C11H14FNO. The number of nitrogens with one attached hydrogen (secondary N) is 1. The topological polar surface area (TPSA) is 32.3 Å². The molecule has 0 radical (unpaired) electrons. The molecule has 1 heterocycles. The van der Waals surface area contributed by atoms with Gasteiger partial charge < -0.3 is 10.4 Å². The van der Waals surface area contributed by atoms with E-state index in [4.69, 9.17) is 0 Å². The van der Waals surface area contributed by atoms with Crippen molar-refractivity contribution in [3.63, 3.8) is 0 Å². The predicted molar refractivity (Wildman–Crippen MR) is 54.5 cm³/mol. The molecule has 1 aliphatic rings. The van der Waals surface area contributed by atoms with Crippen molar-refractivity contribution in [2.75, 3.05) is 11.9 Å². The highest BCUT2D eigenvalue weighted by Gasteiger charge is 2.35. The summed E-state index contributed by atoms with van der Waals surface area (Å²) in [5.74, 6) is 0.0197. The van der Waals surface area contributed by atoms with Gasteiger partial charge in [-0.05, 0) is 37.6 Å². The molecule has 0 spiro atoms. The van der Waals surface area contributed by atoms with E-state index in [-0.39, 0.29) is 11.7 Å². The van der Waals surface area contributed by atoms with Crippen molar-refractivity contribution in [1.29, 1.82) is 0 Å². The Labute approximate surface area is 82.8 Å². The number of rotatable bonds is 1. The third kappa shape index (κ3) is 1.43. The molecular weight excluding hydrogens is 181 g/mol. The molecule has 0 bridgehead atoms. The molecule has 2 rings (SSSR count). The van der Waals surface area contributed by atoms with Crippen LogP contribution < -0.4 is 5.32 Å². The van der Waals surface area contributed by atoms with Gasteiger partial charge in [-0.2, -0.15) is 0 Å². The largest absolute Gasteiger partial charge is 0.508 e. The van der Waals surface area contributed by atoms with Gasteiger partial charge in [-0.15, -0.1) is 0 Å². The molecule has 1 aromatic rings. The minimum Gasteiger partial charge on any atom is -0.508 e. The first-order valence-electron chi connectivity index (χ1n) is 4.74. The van der Waals surface area contributed by atoms with E-state index in [1.54, 1.807) is 32.0 Å². The molecule has 14 heavy (non-hydrogen) atoms. The van der Waals surface area contributed by atoms with Crippen LogP contribution in [-0.4, -0.2) is 17.3 Å². The van der Waals surface area contributed by atoms with Crippen molar-refractivity contribution in [3.05, 3.63) is 23.8 Å². The second kappa shape index (κ2) is 2.87. The number of fused-ring (bicyclic) bond motifs is 1. The fourth-order valence-electron chi connectivity index (χ4n) is 1.93. The first-order chi connectivity index (χ1) is 6.48. The number of phenols is 1. The fraction of sp³-hybridized carbons (Fsp3) is 0.455. The second-order valence-corrected chi connectivity index (χ2v) is 4.27. The van der Waals surface area contributed by atoms with Gasteiger partial charge in [0.15, 0.2) is 0 Å². The van der Waals surface area contributed by atoms with Crippen LogP contribution in [0.5, 0.6) is 5.75 Å². The van der Waals surface area contributed by atoms with Crippen LogP contribution in [0.25, 0.3) is 0 Å². The second-order valence-electron chi connectivity index (χ2n) is 4.27. The van der Waals surface area contributed by atoms with Crippen LogP contribution in [0.2, 0.25) is 0 Å². The zero-order valence-corrected chi connectivity index (χ0v) is 8.34. The molecule has 3 heteroatoms. The van der Waals surface area contributed by atoms with Crippen LogP contribution in [0.1, 0.15) is 25.3 Å². The van der Waals surface area contributed by atoms with Crippen LogP contribution in [0.4, 0.5) is 10.1 Å². The molecule has 2 N–H and O–H groups in total. The minimum absolute atomic E-state index is 0.176. The molecule has 0 saturated carbocycles. The Morgan fingerprint density at radius 2 is 2.21 bits per heavy atom. The summed E-state index contributed by atoms with van der Waals surface area (Å²) >= 11 is 0. The van der Waals surface area contributed by atoms with Crippen molar-refractivity contribution >= 4 is 5.69 Å². The third-order valence-electron chi connectivity index (χ3n) is 2.74. The van der Waals surface area contributed by atoms with Crippen molar-refractivity contribution in [1.82, 2.24) is 0 Å². The predicted octanol–water partition coefficient (Wildman–Crippen LogP) is 2.65. The van der Waals surface area contributed by atoms with E-state index >= 15 is 0 Å². The number of halogens is 1. The lowest BCUT2D eigenvalue weighted by Gasteiger charge is -2.22. The van der Waals surface area contributed by atoms with Gasteiger partial charge in [0, 0.05) is 18.2 Å². The summed E-state index contributed by atoms with van der Waals surface area (Å²) in [4.78, 5) is 0. The van der Waals surface area contributed by atoms with Crippen LogP contribution >= 0.6 is 0 Å². The maximum atomic E-state index is 13.8. The summed E-state index contributed by atoms with van der Waals surface area (Å²) in [6.45, 7) is 3.74. The smallest absolute Gasteiger partial charge is 0.116 e.